The Morgan fingerprint density at radius 2 is 1.75 bits per heavy atom. The number of hydrogen-bond donors (Lipinski definition) is 0. The van der Waals surface area contributed by atoms with Crippen molar-refractivity contribution in [2.45, 2.75) is 31.8 Å². The number of anilines is 1. The molecule has 1 aliphatic rings. The fourth-order valence-corrected chi connectivity index (χ4v) is 3.85. The summed E-state index contributed by atoms with van der Waals surface area (Å²) in [5.74, 6) is 1.37. The minimum atomic E-state index is -0.143. The van der Waals surface area contributed by atoms with Crippen LogP contribution in [0.15, 0.2) is 54.9 Å². The molecule has 2 atom stereocenters. The molecule has 28 heavy (non-hydrogen) atoms. The third-order valence-electron chi connectivity index (χ3n) is 5.15. The normalized spacial score (nSPS) is 18.6. The van der Waals surface area contributed by atoms with Crippen molar-refractivity contribution >= 4 is 23.5 Å². The molecule has 6 nitrogen and oxygen atoms in total. The number of ether oxygens (including phenoxy) is 1. The Kier molecular flexibility index (Phi) is 5.05. The van der Waals surface area contributed by atoms with Crippen molar-refractivity contribution in [3.63, 3.8) is 0 Å². The Hall–Kier alpha value is -2.86. The Morgan fingerprint density at radius 3 is 2.39 bits per heavy atom. The van der Waals surface area contributed by atoms with Gasteiger partial charge in [-0.15, -0.1) is 0 Å². The van der Waals surface area contributed by atoms with Gasteiger partial charge < -0.3 is 4.74 Å². The molecule has 0 radical (unpaired) electrons. The SMILES string of the molecule is CCC(=O)N1c2ncnn2[C@H](c2ccc(Cl)cc2)C[C@@H]1c1ccc(OC)cc1. The number of aromatic nitrogens is 3. The number of carbonyl (C=O) groups excluding carboxylic acids is 1. The van der Waals surface area contributed by atoms with Crippen LogP contribution in [0.25, 0.3) is 0 Å². The zero-order chi connectivity index (χ0) is 19.7. The fourth-order valence-electron chi connectivity index (χ4n) is 3.72. The van der Waals surface area contributed by atoms with Gasteiger partial charge in [-0.1, -0.05) is 42.8 Å². The summed E-state index contributed by atoms with van der Waals surface area (Å²) < 4.78 is 7.11. The van der Waals surface area contributed by atoms with Gasteiger partial charge in [-0.2, -0.15) is 10.1 Å². The van der Waals surface area contributed by atoms with E-state index >= 15 is 0 Å². The van der Waals surface area contributed by atoms with Crippen molar-refractivity contribution in [2.24, 2.45) is 0 Å². The lowest BCUT2D eigenvalue weighted by Gasteiger charge is -2.39. The number of carbonyl (C=O) groups is 1. The number of rotatable bonds is 4. The monoisotopic (exact) mass is 396 g/mol. The minimum absolute atomic E-state index is 0.0182. The summed E-state index contributed by atoms with van der Waals surface area (Å²) in [5.41, 5.74) is 2.12. The van der Waals surface area contributed by atoms with Gasteiger partial charge in [0.05, 0.1) is 19.2 Å². The molecule has 0 spiro atoms. The molecule has 0 aliphatic carbocycles. The Bertz CT molecular complexity index is 969. The highest BCUT2D eigenvalue weighted by atomic mass is 35.5. The average Bonchev–Trinajstić information content (AvgIpc) is 3.22. The van der Waals surface area contributed by atoms with Crippen molar-refractivity contribution in [3.8, 4) is 5.75 Å². The van der Waals surface area contributed by atoms with E-state index in [0.29, 0.717) is 23.8 Å². The number of benzene rings is 2. The lowest BCUT2D eigenvalue weighted by atomic mass is 9.91. The topological polar surface area (TPSA) is 60.2 Å². The maximum absolute atomic E-state index is 12.8. The highest BCUT2D eigenvalue weighted by Gasteiger charge is 2.38. The van der Waals surface area contributed by atoms with Crippen LogP contribution in [0.5, 0.6) is 5.75 Å². The predicted octanol–water partition coefficient (Wildman–Crippen LogP) is 4.42. The average molecular weight is 397 g/mol. The van der Waals surface area contributed by atoms with Gasteiger partial charge in [0, 0.05) is 11.4 Å². The summed E-state index contributed by atoms with van der Waals surface area (Å²) >= 11 is 6.07. The minimum Gasteiger partial charge on any atom is -0.497 e. The number of hydrogen-bond acceptors (Lipinski definition) is 4. The van der Waals surface area contributed by atoms with Crippen LogP contribution in [0.2, 0.25) is 5.02 Å². The van der Waals surface area contributed by atoms with E-state index in [-0.39, 0.29) is 18.0 Å². The molecular weight excluding hydrogens is 376 g/mol. The van der Waals surface area contributed by atoms with Crippen molar-refractivity contribution in [2.75, 3.05) is 12.0 Å². The largest absolute Gasteiger partial charge is 0.497 e. The molecule has 3 aromatic rings. The highest BCUT2D eigenvalue weighted by molar-refractivity contribution is 6.30. The van der Waals surface area contributed by atoms with Crippen LogP contribution >= 0.6 is 11.6 Å². The zero-order valence-corrected chi connectivity index (χ0v) is 16.5. The van der Waals surface area contributed by atoms with Gasteiger partial charge in [-0.05, 0) is 41.8 Å². The van der Waals surface area contributed by atoms with E-state index in [2.05, 4.69) is 10.1 Å². The number of fused-ring (bicyclic) bond motifs is 1. The standard InChI is InChI=1S/C21H21ClN4O2/c1-3-20(27)25-18(14-6-10-17(28-2)11-7-14)12-19(26-21(25)23-13-24-26)15-4-8-16(22)9-5-15/h4-11,13,18-19H,3,12H2,1-2H3/t18-,19+/m1/s1. The summed E-state index contributed by atoms with van der Waals surface area (Å²) in [6.07, 6.45) is 2.59. The van der Waals surface area contributed by atoms with E-state index in [1.54, 1.807) is 12.0 Å². The molecule has 0 saturated heterocycles. The summed E-state index contributed by atoms with van der Waals surface area (Å²) in [6.45, 7) is 1.86. The first-order valence-corrected chi connectivity index (χ1v) is 9.61. The van der Waals surface area contributed by atoms with Gasteiger partial charge in [0.1, 0.15) is 12.1 Å². The predicted molar refractivity (Wildman–Crippen MR) is 108 cm³/mol. The van der Waals surface area contributed by atoms with Gasteiger partial charge in [0.2, 0.25) is 11.9 Å². The highest BCUT2D eigenvalue weighted by Crippen LogP contribution is 2.42. The van der Waals surface area contributed by atoms with Crippen LogP contribution in [0.1, 0.15) is 43.0 Å². The molecule has 2 heterocycles. The van der Waals surface area contributed by atoms with Crippen molar-refractivity contribution in [1.29, 1.82) is 0 Å². The van der Waals surface area contributed by atoms with Gasteiger partial charge in [0.15, 0.2) is 0 Å². The van der Waals surface area contributed by atoms with E-state index in [4.69, 9.17) is 16.3 Å². The third kappa shape index (κ3) is 3.24. The van der Waals surface area contributed by atoms with Gasteiger partial charge >= 0.3 is 0 Å². The Balaban J connectivity index is 1.81. The Labute approximate surface area is 168 Å². The molecule has 7 heteroatoms. The van der Waals surface area contributed by atoms with Crippen LogP contribution in [0.4, 0.5) is 5.95 Å². The first-order valence-electron chi connectivity index (χ1n) is 9.23. The van der Waals surface area contributed by atoms with Gasteiger partial charge in [-0.3, -0.25) is 9.69 Å². The Morgan fingerprint density at radius 1 is 1.11 bits per heavy atom. The lowest BCUT2D eigenvalue weighted by Crippen LogP contribution is -2.42. The summed E-state index contributed by atoms with van der Waals surface area (Å²) in [6, 6.07) is 15.4. The van der Waals surface area contributed by atoms with Crippen LogP contribution in [0.3, 0.4) is 0 Å². The van der Waals surface area contributed by atoms with Crippen molar-refractivity contribution < 1.29 is 9.53 Å². The molecule has 4 rings (SSSR count). The summed E-state index contributed by atoms with van der Waals surface area (Å²) in [4.78, 5) is 19.0. The second kappa shape index (κ2) is 7.64. The van der Waals surface area contributed by atoms with Crippen LogP contribution in [-0.2, 0) is 4.79 Å². The molecular formula is C21H21ClN4O2. The van der Waals surface area contributed by atoms with E-state index in [0.717, 1.165) is 16.9 Å². The van der Waals surface area contributed by atoms with E-state index in [1.165, 1.54) is 6.33 Å². The maximum Gasteiger partial charge on any atom is 0.231 e. The zero-order valence-electron chi connectivity index (χ0n) is 15.7. The number of halogens is 1. The summed E-state index contributed by atoms with van der Waals surface area (Å²) in [5, 5.41) is 5.11. The molecule has 0 N–H and O–H groups in total. The maximum atomic E-state index is 12.8. The third-order valence-corrected chi connectivity index (χ3v) is 5.40. The molecule has 2 aromatic carbocycles. The first kappa shape index (κ1) is 18.5. The second-order valence-corrected chi connectivity index (χ2v) is 7.15. The van der Waals surface area contributed by atoms with Crippen LogP contribution < -0.4 is 9.64 Å². The molecule has 0 fully saturated rings. The summed E-state index contributed by atoms with van der Waals surface area (Å²) in [7, 11) is 1.64. The molecule has 144 valence electrons. The fraction of sp³-hybridized carbons (Fsp3) is 0.286. The van der Waals surface area contributed by atoms with Gasteiger partial charge in [-0.25, -0.2) is 4.68 Å². The van der Waals surface area contributed by atoms with Crippen LogP contribution in [0, 0.1) is 0 Å². The van der Waals surface area contributed by atoms with Crippen molar-refractivity contribution in [1.82, 2.24) is 14.8 Å². The van der Waals surface area contributed by atoms with Gasteiger partial charge in [0.25, 0.3) is 0 Å². The molecule has 1 aliphatic heterocycles. The van der Waals surface area contributed by atoms with E-state index < -0.39 is 0 Å². The molecule has 1 aromatic heterocycles. The quantitative estimate of drug-likeness (QED) is 0.655. The van der Waals surface area contributed by atoms with E-state index in [1.807, 2.05) is 60.1 Å². The lowest BCUT2D eigenvalue weighted by molar-refractivity contribution is -0.119. The molecule has 0 unspecified atom stereocenters. The molecule has 0 saturated carbocycles. The van der Waals surface area contributed by atoms with Crippen LogP contribution in [-0.4, -0.2) is 27.8 Å². The second-order valence-electron chi connectivity index (χ2n) is 6.71. The molecule has 1 amide bonds. The van der Waals surface area contributed by atoms with E-state index in [9.17, 15) is 4.79 Å². The number of nitrogens with zero attached hydrogens (tertiary/aromatic N) is 4. The van der Waals surface area contributed by atoms with Crippen molar-refractivity contribution in [3.05, 3.63) is 71.0 Å². The molecule has 0 bridgehead atoms. The number of amides is 1. The first-order chi connectivity index (χ1) is 13.6. The number of methoxy groups -OCH3 is 1. The smallest absolute Gasteiger partial charge is 0.231 e.